The van der Waals surface area contributed by atoms with E-state index in [0.29, 0.717) is 12.8 Å². The Morgan fingerprint density at radius 3 is 1.45 bits per heavy atom. The zero-order valence-electron chi connectivity index (χ0n) is 13.4. The minimum atomic E-state index is -1.17. The summed E-state index contributed by atoms with van der Waals surface area (Å²) in [4.78, 5) is 12.5. The fourth-order valence-electron chi connectivity index (χ4n) is 2.31. The minimum absolute atomic E-state index is 0.0427. The van der Waals surface area contributed by atoms with Crippen molar-refractivity contribution in [1.82, 2.24) is 0 Å². The standard InChI is InChI=1S/C15H30O3S2/c1-5-7-9-11-13(19(3)17)15(16)14(20(4)18)12-10-8-6-2/h13-14H,5-12H2,1-4H3. The Morgan fingerprint density at radius 2 is 1.20 bits per heavy atom. The van der Waals surface area contributed by atoms with Gasteiger partial charge < -0.3 is 9.11 Å². The molecule has 0 rings (SSSR count). The van der Waals surface area contributed by atoms with Gasteiger partial charge in [0, 0.05) is 12.8 Å². The number of ketones is 1. The van der Waals surface area contributed by atoms with Crippen LogP contribution in [0.5, 0.6) is 0 Å². The second kappa shape index (κ2) is 11.9. The minimum Gasteiger partial charge on any atom is -0.616 e. The molecule has 4 atom stereocenters. The predicted octanol–water partition coefficient (Wildman–Crippen LogP) is 3.21. The maximum atomic E-state index is 12.5. The van der Waals surface area contributed by atoms with Crippen LogP contribution in [-0.4, -0.2) is 37.9 Å². The molecule has 0 saturated heterocycles. The van der Waals surface area contributed by atoms with Crippen molar-refractivity contribution in [2.45, 2.75) is 75.7 Å². The molecular formula is C15H30O3S2. The molecule has 0 radical (unpaired) electrons. The third-order valence-corrected chi connectivity index (χ3v) is 6.11. The third kappa shape index (κ3) is 7.91. The van der Waals surface area contributed by atoms with Gasteiger partial charge in [-0.2, -0.15) is 0 Å². The first-order valence-corrected chi connectivity index (χ1v) is 10.9. The number of rotatable bonds is 12. The highest BCUT2D eigenvalue weighted by Gasteiger charge is 2.37. The van der Waals surface area contributed by atoms with E-state index in [1.54, 1.807) is 12.5 Å². The van der Waals surface area contributed by atoms with Gasteiger partial charge in [0.25, 0.3) is 0 Å². The van der Waals surface area contributed by atoms with Gasteiger partial charge in [-0.05, 0) is 35.2 Å². The molecule has 4 unspecified atom stereocenters. The summed E-state index contributed by atoms with van der Waals surface area (Å²) in [5.41, 5.74) is 0. The van der Waals surface area contributed by atoms with Crippen molar-refractivity contribution in [2.75, 3.05) is 12.5 Å². The first kappa shape index (κ1) is 20.3. The summed E-state index contributed by atoms with van der Waals surface area (Å²) in [6.07, 6.45) is 10.6. The maximum absolute atomic E-state index is 12.5. The molecule has 3 nitrogen and oxygen atoms in total. The smallest absolute Gasteiger partial charge is 0.236 e. The molecule has 0 aliphatic carbocycles. The van der Waals surface area contributed by atoms with E-state index in [2.05, 4.69) is 13.8 Å². The number of carbonyl (C=O) groups is 1. The van der Waals surface area contributed by atoms with E-state index in [9.17, 15) is 13.9 Å². The van der Waals surface area contributed by atoms with E-state index >= 15 is 0 Å². The van der Waals surface area contributed by atoms with Gasteiger partial charge in [0.15, 0.2) is 10.5 Å². The molecule has 0 bridgehead atoms. The normalized spacial score (nSPS) is 17.5. The summed E-state index contributed by atoms with van der Waals surface area (Å²) in [6, 6.07) is 0. The van der Waals surface area contributed by atoms with E-state index in [4.69, 9.17) is 0 Å². The Bertz CT molecular complexity index is 234. The summed E-state index contributed by atoms with van der Waals surface area (Å²) in [5.74, 6) is -0.0427. The first-order valence-electron chi connectivity index (χ1n) is 7.63. The number of unbranched alkanes of at least 4 members (excludes halogenated alkanes) is 4. The van der Waals surface area contributed by atoms with Crippen molar-refractivity contribution in [3.63, 3.8) is 0 Å². The highest BCUT2D eigenvalue weighted by atomic mass is 32.2. The van der Waals surface area contributed by atoms with E-state index in [0.717, 1.165) is 38.5 Å². The maximum Gasteiger partial charge on any atom is 0.236 e. The average molecular weight is 323 g/mol. The van der Waals surface area contributed by atoms with Crippen LogP contribution in [0.15, 0.2) is 0 Å². The number of hydrogen-bond acceptors (Lipinski definition) is 3. The summed E-state index contributed by atoms with van der Waals surface area (Å²) in [7, 11) is 0. The molecule has 0 amide bonds. The lowest BCUT2D eigenvalue weighted by Crippen LogP contribution is -2.41. The van der Waals surface area contributed by atoms with Crippen molar-refractivity contribution >= 4 is 28.1 Å². The molecule has 0 heterocycles. The van der Waals surface area contributed by atoms with Crippen molar-refractivity contribution in [3.8, 4) is 0 Å². The van der Waals surface area contributed by atoms with Gasteiger partial charge in [-0.25, -0.2) is 0 Å². The number of carbonyl (C=O) groups excluding carboxylic acids is 1. The van der Waals surface area contributed by atoms with Crippen LogP contribution in [0, 0.1) is 0 Å². The topological polar surface area (TPSA) is 63.2 Å². The van der Waals surface area contributed by atoms with Gasteiger partial charge in [0.05, 0.1) is 12.5 Å². The van der Waals surface area contributed by atoms with Crippen molar-refractivity contribution in [2.24, 2.45) is 0 Å². The Kier molecular flexibility index (Phi) is 12.1. The van der Waals surface area contributed by atoms with Crippen LogP contribution in [0.25, 0.3) is 0 Å². The second-order valence-electron chi connectivity index (χ2n) is 5.37. The molecule has 0 aromatic carbocycles. The van der Waals surface area contributed by atoms with Crippen LogP contribution < -0.4 is 0 Å². The zero-order valence-corrected chi connectivity index (χ0v) is 15.0. The Morgan fingerprint density at radius 1 is 0.850 bits per heavy atom. The van der Waals surface area contributed by atoms with Crippen LogP contribution in [0.1, 0.15) is 65.2 Å². The lowest BCUT2D eigenvalue weighted by atomic mass is 10.0. The summed E-state index contributed by atoms with van der Waals surface area (Å²) >= 11 is -2.33. The van der Waals surface area contributed by atoms with Gasteiger partial charge in [-0.1, -0.05) is 39.5 Å². The molecule has 5 heteroatoms. The second-order valence-corrected chi connectivity index (χ2v) is 8.50. The Labute approximate surface area is 130 Å². The molecular weight excluding hydrogens is 292 g/mol. The Balaban J connectivity index is 4.61. The third-order valence-electron chi connectivity index (χ3n) is 3.58. The molecule has 0 N–H and O–H groups in total. The van der Waals surface area contributed by atoms with E-state index in [-0.39, 0.29) is 5.78 Å². The fourth-order valence-corrected chi connectivity index (χ4v) is 4.38. The number of hydrogen-bond donors (Lipinski definition) is 0. The summed E-state index contributed by atoms with van der Waals surface area (Å²) < 4.78 is 23.7. The van der Waals surface area contributed by atoms with Crippen LogP contribution in [0.3, 0.4) is 0 Å². The molecule has 20 heavy (non-hydrogen) atoms. The van der Waals surface area contributed by atoms with Crippen LogP contribution in [0.2, 0.25) is 0 Å². The van der Waals surface area contributed by atoms with Crippen LogP contribution in [0.4, 0.5) is 0 Å². The van der Waals surface area contributed by atoms with E-state index < -0.39 is 32.9 Å². The summed E-state index contributed by atoms with van der Waals surface area (Å²) in [6.45, 7) is 4.21. The quantitative estimate of drug-likeness (QED) is 0.409. The molecule has 0 aliphatic rings. The Hall–Kier alpha value is 0.290. The monoisotopic (exact) mass is 322 g/mol. The molecule has 0 fully saturated rings. The van der Waals surface area contributed by atoms with Crippen molar-refractivity contribution in [3.05, 3.63) is 0 Å². The first-order chi connectivity index (χ1) is 9.45. The lowest BCUT2D eigenvalue weighted by molar-refractivity contribution is -0.118. The van der Waals surface area contributed by atoms with Crippen molar-refractivity contribution in [1.29, 1.82) is 0 Å². The summed E-state index contributed by atoms with van der Waals surface area (Å²) in [5, 5.41) is -0.867. The SMILES string of the molecule is CCCCCC(C(=O)C(CCCCC)[S+](C)[O-])[S+](C)[O-]. The van der Waals surface area contributed by atoms with Gasteiger partial charge in [0.1, 0.15) is 0 Å². The highest BCUT2D eigenvalue weighted by Crippen LogP contribution is 2.20. The molecule has 120 valence electrons. The molecule has 0 aliphatic heterocycles. The zero-order chi connectivity index (χ0) is 15.5. The highest BCUT2D eigenvalue weighted by molar-refractivity contribution is 7.93. The van der Waals surface area contributed by atoms with Gasteiger partial charge in [-0.15, -0.1) is 0 Å². The van der Waals surface area contributed by atoms with Gasteiger partial charge in [-0.3, -0.25) is 4.79 Å². The largest absolute Gasteiger partial charge is 0.616 e. The molecule has 0 aromatic heterocycles. The average Bonchev–Trinajstić information content (AvgIpc) is 2.38. The van der Waals surface area contributed by atoms with Gasteiger partial charge in [0.2, 0.25) is 5.78 Å². The number of Topliss-reactive ketones (excluding diaryl/α,β-unsaturated/α-hetero) is 1. The van der Waals surface area contributed by atoms with Crippen LogP contribution in [-0.2, 0) is 27.1 Å². The van der Waals surface area contributed by atoms with Gasteiger partial charge >= 0.3 is 0 Å². The lowest BCUT2D eigenvalue weighted by Gasteiger charge is -2.23. The van der Waals surface area contributed by atoms with Crippen molar-refractivity contribution < 1.29 is 13.9 Å². The predicted molar refractivity (Wildman–Crippen MR) is 89.0 cm³/mol. The fraction of sp³-hybridized carbons (Fsp3) is 0.933. The van der Waals surface area contributed by atoms with E-state index in [1.165, 1.54) is 0 Å². The van der Waals surface area contributed by atoms with E-state index in [1.807, 2.05) is 0 Å². The molecule has 0 spiro atoms. The molecule has 0 aromatic rings. The van der Waals surface area contributed by atoms with Crippen LogP contribution >= 0.6 is 0 Å². The molecule has 0 saturated carbocycles.